The van der Waals surface area contributed by atoms with Crippen molar-refractivity contribution in [3.63, 3.8) is 0 Å². The molecule has 1 aromatic heterocycles. The Balaban J connectivity index is 2.16. The number of ether oxygens (including phenoxy) is 2. The van der Waals surface area contributed by atoms with Gasteiger partial charge in [0.2, 0.25) is 0 Å². The van der Waals surface area contributed by atoms with Gasteiger partial charge in [0.1, 0.15) is 10.8 Å². The molecule has 0 aliphatic heterocycles. The van der Waals surface area contributed by atoms with Crippen LogP contribution >= 0.6 is 11.3 Å². The SMILES string of the molecule is CCOC(=O)c1c(NC(=O)C(C)Oc2cc(C)cc(C)c2)sc(C)c1C. The first-order chi connectivity index (χ1) is 12.2. The molecular formula is C20H25NO4S. The van der Waals surface area contributed by atoms with Gasteiger partial charge in [-0.25, -0.2) is 4.79 Å². The van der Waals surface area contributed by atoms with Crippen molar-refractivity contribution in [3.8, 4) is 5.75 Å². The first-order valence-electron chi connectivity index (χ1n) is 8.55. The minimum absolute atomic E-state index is 0.285. The molecule has 0 aliphatic carbocycles. The van der Waals surface area contributed by atoms with Crippen LogP contribution in [0, 0.1) is 27.7 Å². The highest BCUT2D eigenvalue weighted by molar-refractivity contribution is 7.16. The second kappa shape index (κ2) is 8.36. The smallest absolute Gasteiger partial charge is 0.341 e. The van der Waals surface area contributed by atoms with Gasteiger partial charge in [-0.15, -0.1) is 11.3 Å². The summed E-state index contributed by atoms with van der Waals surface area (Å²) in [7, 11) is 0. The van der Waals surface area contributed by atoms with Crippen LogP contribution in [0.4, 0.5) is 5.00 Å². The molecule has 1 heterocycles. The molecule has 0 spiro atoms. The zero-order valence-corrected chi connectivity index (χ0v) is 16.9. The number of anilines is 1. The highest BCUT2D eigenvalue weighted by Gasteiger charge is 2.24. The minimum Gasteiger partial charge on any atom is -0.481 e. The topological polar surface area (TPSA) is 64.6 Å². The lowest BCUT2D eigenvalue weighted by Gasteiger charge is -2.15. The van der Waals surface area contributed by atoms with Crippen molar-refractivity contribution in [2.75, 3.05) is 11.9 Å². The van der Waals surface area contributed by atoms with Crippen LogP contribution in [0.5, 0.6) is 5.75 Å². The summed E-state index contributed by atoms with van der Waals surface area (Å²) in [6.07, 6.45) is -0.700. The summed E-state index contributed by atoms with van der Waals surface area (Å²) in [4.78, 5) is 25.7. The molecule has 2 aromatic rings. The molecule has 0 bridgehead atoms. The Bertz CT molecular complexity index is 805. The van der Waals surface area contributed by atoms with E-state index < -0.39 is 12.1 Å². The summed E-state index contributed by atoms with van der Waals surface area (Å²) in [5.41, 5.74) is 3.39. The van der Waals surface area contributed by atoms with Gasteiger partial charge >= 0.3 is 5.97 Å². The molecule has 5 nitrogen and oxygen atoms in total. The summed E-state index contributed by atoms with van der Waals surface area (Å²) >= 11 is 1.36. The normalized spacial score (nSPS) is 11.8. The minimum atomic E-state index is -0.700. The average molecular weight is 375 g/mol. The van der Waals surface area contributed by atoms with Crippen LogP contribution in [-0.4, -0.2) is 24.6 Å². The standard InChI is InChI=1S/C20H25NO4S/c1-7-24-20(23)17-13(4)15(6)26-19(17)21-18(22)14(5)25-16-9-11(2)8-12(3)10-16/h8-10,14H,7H2,1-6H3,(H,21,22). The third-order valence-electron chi connectivity index (χ3n) is 3.98. The van der Waals surface area contributed by atoms with E-state index in [0.29, 0.717) is 16.3 Å². The molecule has 6 heteroatoms. The lowest BCUT2D eigenvalue weighted by Crippen LogP contribution is -2.30. The quantitative estimate of drug-likeness (QED) is 0.752. The van der Waals surface area contributed by atoms with Crippen LogP contribution in [-0.2, 0) is 9.53 Å². The van der Waals surface area contributed by atoms with Crippen LogP contribution in [0.25, 0.3) is 0 Å². The van der Waals surface area contributed by atoms with Crippen LogP contribution in [0.2, 0.25) is 0 Å². The summed E-state index contributed by atoms with van der Waals surface area (Å²) in [6.45, 7) is 11.4. The van der Waals surface area contributed by atoms with E-state index in [2.05, 4.69) is 5.32 Å². The number of carbonyl (C=O) groups excluding carboxylic acids is 2. The first kappa shape index (κ1) is 20.0. The molecule has 2 rings (SSSR count). The maximum absolute atomic E-state index is 12.6. The largest absolute Gasteiger partial charge is 0.481 e. The number of benzene rings is 1. The molecule has 0 fully saturated rings. The van der Waals surface area contributed by atoms with Crippen molar-refractivity contribution in [3.05, 3.63) is 45.3 Å². The highest BCUT2D eigenvalue weighted by atomic mass is 32.1. The van der Waals surface area contributed by atoms with Gasteiger partial charge in [-0.05, 0) is 70.4 Å². The van der Waals surface area contributed by atoms with E-state index in [4.69, 9.17) is 9.47 Å². The van der Waals surface area contributed by atoms with Crippen LogP contribution in [0.3, 0.4) is 0 Å². The number of carbonyl (C=O) groups is 2. The van der Waals surface area contributed by atoms with Crippen molar-refractivity contribution in [1.29, 1.82) is 0 Å². The van der Waals surface area contributed by atoms with E-state index in [0.717, 1.165) is 21.6 Å². The Kier molecular flexibility index (Phi) is 6.42. The number of thiophene rings is 1. The molecule has 0 saturated carbocycles. The lowest BCUT2D eigenvalue weighted by atomic mass is 10.1. The van der Waals surface area contributed by atoms with E-state index in [9.17, 15) is 9.59 Å². The maximum atomic E-state index is 12.6. The van der Waals surface area contributed by atoms with E-state index in [-0.39, 0.29) is 12.5 Å². The number of rotatable bonds is 6. The Hall–Kier alpha value is -2.34. The van der Waals surface area contributed by atoms with Crippen molar-refractivity contribution < 1.29 is 19.1 Å². The fourth-order valence-electron chi connectivity index (χ4n) is 2.64. The van der Waals surface area contributed by atoms with E-state index in [1.54, 1.807) is 13.8 Å². The Morgan fingerprint density at radius 2 is 1.73 bits per heavy atom. The summed E-state index contributed by atoms with van der Waals surface area (Å²) in [6, 6.07) is 5.82. The Morgan fingerprint density at radius 3 is 2.31 bits per heavy atom. The van der Waals surface area contributed by atoms with Gasteiger partial charge in [0.15, 0.2) is 6.10 Å². The lowest BCUT2D eigenvalue weighted by molar-refractivity contribution is -0.122. The third kappa shape index (κ3) is 4.64. The number of nitrogens with one attached hydrogen (secondary N) is 1. The van der Waals surface area contributed by atoms with Gasteiger partial charge in [0.25, 0.3) is 5.91 Å². The Labute approximate surface area is 158 Å². The van der Waals surface area contributed by atoms with Crippen molar-refractivity contribution in [1.82, 2.24) is 0 Å². The van der Waals surface area contributed by atoms with Crippen LogP contribution in [0.15, 0.2) is 18.2 Å². The molecule has 1 atom stereocenters. The molecule has 140 valence electrons. The van der Waals surface area contributed by atoms with Gasteiger partial charge in [-0.2, -0.15) is 0 Å². The molecule has 1 unspecified atom stereocenters. The van der Waals surface area contributed by atoms with Crippen LogP contribution in [0.1, 0.15) is 45.8 Å². The second-order valence-corrected chi connectivity index (χ2v) is 7.51. The fourth-order valence-corrected chi connectivity index (χ4v) is 3.69. The monoisotopic (exact) mass is 375 g/mol. The molecule has 1 aromatic carbocycles. The Morgan fingerprint density at radius 1 is 1.12 bits per heavy atom. The van der Waals surface area contributed by atoms with Crippen molar-refractivity contribution in [2.45, 2.75) is 47.6 Å². The predicted molar refractivity (Wildman–Crippen MR) is 104 cm³/mol. The average Bonchev–Trinajstić information content (AvgIpc) is 2.80. The van der Waals surface area contributed by atoms with Crippen molar-refractivity contribution in [2.24, 2.45) is 0 Å². The molecule has 1 amide bonds. The fraction of sp³-hybridized carbons (Fsp3) is 0.400. The van der Waals surface area contributed by atoms with Gasteiger partial charge < -0.3 is 14.8 Å². The van der Waals surface area contributed by atoms with Gasteiger partial charge in [-0.1, -0.05) is 6.07 Å². The number of hydrogen-bond acceptors (Lipinski definition) is 5. The molecule has 1 N–H and O–H groups in total. The molecule has 0 saturated heterocycles. The van der Waals surface area contributed by atoms with Gasteiger partial charge in [0.05, 0.1) is 12.2 Å². The summed E-state index contributed by atoms with van der Waals surface area (Å²) in [5.74, 6) is -0.0854. The van der Waals surface area contributed by atoms with Crippen LogP contribution < -0.4 is 10.1 Å². The van der Waals surface area contributed by atoms with Crippen molar-refractivity contribution >= 4 is 28.2 Å². The predicted octanol–water partition coefficient (Wildman–Crippen LogP) is 4.56. The molecule has 0 aliphatic rings. The number of esters is 1. The van der Waals surface area contributed by atoms with E-state index in [1.807, 2.05) is 45.9 Å². The second-order valence-electron chi connectivity index (χ2n) is 6.28. The zero-order valence-electron chi connectivity index (χ0n) is 16.1. The molecular weight excluding hydrogens is 350 g/mol. The van der Waals surface area contributed by atoms with Gasteiger partial charge in [0, 0.05) is 4.88 Å². The zero-order chi connectivity index (χ0) is 19.4. The van der Waals surface area contributed by atoms with Gasteiger partial charge in [-0.3, -0.25) is 4.79 Å². The summed E-state index contributed by atoms with van der Waals surface area (Å²) < 4.78 is 10.9. The maximum Gasteiger partial charge on any atom is 0.341 e. The summed E-state index contributed by atoms with van der Waals surface area (Å²) in [5, 5.41) is 3.31. The third-order valence-corrected chi connectivity index (χ3v) is 5.10. The number of amides is 1. The first-order valence-corrected chi connectivity index (χ1v) is 9.37. The van der Waals surface area contributed by atoms with E-state index in [1.165, 1.54) is 11.3 Å². The number of hydrogen-bond donors (Lipinski definition) is 1. The number of aryl methyl sites for hydroxylation is 3. The molecule has 0 radical (unpaired) electrons. The highest BCUT2D eigenvalue weighted by Crippen LogP contribution is 2.33. The molecule has 26 heavy (non-hydrogen) atoms. The van der Waals surface area contributed by atoms with E-state index >= 15 is 0 Å².